The van der Waals surface area contributed by atoms with Crippen molar-refractivity contribution in [3.8, 4) is 11.5 Å². The van der Waals surface area contributed by atoms with Crippen LogP contribution in [0.4, 0.5) is 5.69 Å². The van der Waals surface area contributed by atoms with E-state index in [-0.39, 0.29) is 39.7 Å². The average molecular weight is 397 g/mol. The highest BCUT2D eigenvalue weighted by Crippen LogP contribution is 2.40. The van der Waals surface area contributed by atoms with Crippen LogP contribution in [0.1, 0.15) is 35.5 Å². The molecule has 0 aliphatic rings. The zero-order valence-corrected chi connectivity index (χ0v) is 15.7. The molecule has 0 amide bonds. The normalized spacial score (nSPS) is 10.6. The van der Waals surface area contributed by atoms with Crippen molar-refractivity contribution in [2.24, 2.45) is 0 Å². The number of ether oxygens (including phenoxy) is 2. The van der Waals surface area contributed by atoms with Gasteiger partial charge in [0, 0.05) is 36.9 Å². The summed E-state index contributed by atoms with van der Waals surface area (Å²) in [6, 6.07) is 8.05. The molecule has 148 valence electrons. The first-order chi connectivity index (χ1) is 13.7. The second-order valence-corrected chi connectivity index (χ2v) is 6.12. The van der Waals surface area contributed by atoms with Gasteiger partial charge in [0.25, 0.3) is 5.69 Å². The molecule has 1 heterocycles. The number of benzene rings is 2. The Balaban J connectivity index is 2.15. The Morgan fingerprint density at radius 2 is 1.59 bits per heavy atom. The molecule has 0 saturated heterocycles. The molecular weight excluding hydrogens is 382 g/mol. The van der Waals surface area contributed by atoms with Gasteiger partial charge < -0.3 is 13.9 Å². The van der Waals surface area contributed by atoms with Crippen LogP contribution in [-0.4, -0.2) is 22.6 Å². The minimum Gasteiger partial charge on any atom is -0.456 e. The Kier molecular flexibility index (Phi) is 5.14. The maximum absolute atomic E-state index is 13.0. The Morgan fingerprint density at radius 3 is 2.14 bits per heavy atom. The summed E-state index contributed by atoms with van der Waals surface area (Å²) in [5.74, 6) is -1.60. The number of nitrogens with zero attached hydrogens (tertiary/aromatic N) is 1. The summed E-state index contributed by atoms with van der Waals surface area (Å²) in [5, 5.41) is 11.1. The molecule has 9 heteroatoms. The average Bonchev–Trinajstić information content (AvgIpc) is 2.98. The quantitative estimate of drug-likeness (QED) is 0.210. The van der Waals surface area contributed by atoms with Gasteiger partial charge in [-0.05, 0) is 31.2 Å². The van der Waals surface area contributed by atoms with Crippen molar-refractivity contribution in [1.29, 1.82) is 0 Å². The van der Waals surface area contributed by atoms with Crippen LogP contribution in [0.15, 0.2) is 40.8 Å². The predicted molar refractivity (Wildman–Crippen MR) is 100 cm³/mol. The Labute approximate surface area is 164 Å². The van der Waals surface area contributed by atoms with Gasteiger partial charge in [-0.1, -0.05) is 0 Å². The van der Waals surface area contributed by atoms with Gasteiger partial charge in [0.1, 0.15) is 5.76 Å². The van der Waals surface area contributed by atoms with Crippen LogP contribution in [0.3, 0.4) is 0 Å². The lowest BCUT2D eigenvalue weighted by Gasteiger charge is -2.08. The first-order valence-electron chi connectivity index (χ1n) is 8.41. The highest BCUT2D eigenvalue weighted by atomic mass is 16.6. The minimum absolute atomic E-state index is 0.0247. The fraction of sp³-hybridized carbons (Fsp3) is 0.150. The number of carbonyl (C=O) groups excluding carboxylic acids is 3. The maximum Gasteiger partial charge on any atom is 0.308 e. The lowest BCUT2D eigenvalue weighted by atomic mass is 10.00. The summed E-state index contributed by atoms with van der Waals surface area (Å²) < 4.78 is 15.9. The van der Waals surface area contributed by atoms with Gasteiger partial charge in [0.15, 0.2) is 17.1 Å². The molecule has 3 rings (SSSR count). The van der Waals surface area contributed by atoms with Gasteiger partial charge in [0.2, 0.25) is 5.75 Å². The molecule has 9 nitrogen and oxygen atoms in total. The van der Waals surface area contributed by atoms with E-state index in [1.807, 2.05) is 0 Å². The molecular formula is C20H15NO8. The molecule has 0 aliphatic heterocycles. The first-order valence-corrected chi connectivity index (χ1v) is 8.41. The largest absolute Gasteiger partial charge is 0.456 e. The van der Waals surface area contributed by atoms with Crippen LogP contribution >= 0.6 is 0 Å². The van der Waals surface area contributed by atoms with Crippen LogP contribution in [0.2, 0.25) is 0 Å². The van der Waals surface area contributed by atoms with Crippen molar-refractivity contribution >= 4 is 34.4 Å². The molecule has 0 aliphatic carbocycles. The Morgan fingerprint density at radius 1 is 0.966 bits per heavy atom. The molecule has 0 atom stereocenters. The van der Waals surface area contributed by atoms with E-state index in [2.05, 4.69) is 0 Å². The molecule has 0 spiro atoms. The number of hydrogen-bond donors (Lipinski definition) is 0. The number of hydrogen-bond acceptors (Lipinski definition) is 8. The minimum atomic E-state index is -0.664. The first kappa shape index (κ1) is 19.7. The molecule has 29 heavy (non-hydrogen) atoms. The smallest absolute Gasteiger partial charge is 0.308 e. The third-order valence-electron chi connectivity index (χ3n) is 4.02. The summed E-state index contributed by atoms with van der Waals surface area (Å²) in [5.41, 5.74) is 0.358. The molecule has 1 aromatic heterocycles. The molecule has 0 bridgehead atoms. The number of nitro groups is 1. The van der Waals surface area contributed by atoms with Crippen LogP contribution in [0.5, 0.6) is 11.5 Å². The van der Waals surface area contributed by atoms with E-state index < -0.39 is 22.6 Å². The van der Waals surface area contributed by atoms with Crippen LogP contribution in [-0.2, 0) is 9.59 Å². The fourth-order valence-electron chi connectivity index (χ4n) is 2.87. The van der Waals surface area contributed by atoms with Crippen molar-refractivity contribution in [1.82, 2.24) is 0 Å². The van der Waals surface area contributed by atoms with Gasteiger partial charge in [-0.25, -0.2) is 0 Å². The van der Waals surface area contributed by atoms with E-state index in [1.54, 1.807) is 6.92 Å². The zero-order chi connectivity index (χ0) is 21.3. The number of non-ortho nitro benzene ring substituents is 1. The number of esters is 2. The maximum atomic E-state index is 13.0. The number of nitro benzene ring substituents is 1. The standard InChI is InChI=1S/C20H15NO8/c1-10-17(18(24)13-4-6-14(7-5-13)21(25)26)15-8-9-16(28-11(2)22)20(19(15)27-10)29-12(3)23/h4-9H,1-3H3. The number of rotatable bonds is 5. The van der Waals surface area contributed by atoms with Gasteiger partial charge in [-0.2, -0.15) is 0 Å². The number of furan rings is 1. The lowest BCUT2D eigenvalue weighted by Crippen LogP contribution is -2.07. The molecule has 0 fully saturated rings. The summed E-state index contributed by atoms with van der Waals surface area (Å²) in [7, 11) is 0. The molecule has 3 aromatic rings. The highest BCUT2D eigenvalue weighted by molar-refractivity contribution is 6.17. The topological polar surface area (TPSA) is 126 Å². The van der Waals surface area contributed by atoms with E-state index in [0.717, 1.165) is 0 Å². The van der Waals surface area contributed by atoms with Crippen LogP contribution in [0.25, 0.3) is 11.0 Å². The van der Waals surface area contributed by atoms with Crippen molar-refractivity contribution in [2.75, 3.05) is 0 Å². The number of aryl methyl sites for hydroxylation is 1. The van der Waals surface area contributed by atoms with Crippen molar-refractivity contribution < 1.29 is 33.2 Å². The third kappa shape index (κ3) is 3.84. The SMILES string of the molecule is CC(=O)Oc1ccc2c(C(=O)c3ccc([N+](=O)[O-])cc3)c(C)oc2c1OC(C)=O. The molecule has 2 aromatic carbocycles. The molecule has 0 N–H and O–H groups in total. The number of carbonyl (C=O) groups is 3. The van der Waals surface area contributed by atoms with E-state index >= 15 is 0 Å². The summed E-state index contributed by atoms with van der Waals surface area (Å²) in [6.07, 6.45) is 0. The fourth-order valence-corrected chi connectivity index (χ4v) is 2.87. The lowest BCUT2D eigenvalue weighted by molar-refractivity contribution is -0.384. The Hall–Kier alpha value is -4.01. The van der Waals surface area contributed by atoms with Crippen molar-refractivity contribution in [3.05, 3.63) is 63.4 Å². The predicted octanol–water partition coefficient (Wildman–Crippen LogP) is 3.73. The van der Waals surface area contributed by atoms with Gasteiger partial charge in [-0.15, -0.1) is 0 Å². The van der Waals surface area contributed by atoms with Crippen molar-refractivity contribution in [2.45, 2.75) is 20.8 Å². The summed E-state index contributed by atoms with van der Waals surface area (Å²) in [6.45, 7) is 3.93. The van der Waals surface area contributed by atoms with E-state index in [0.29, 0.717) is 5.39 Å². The monoisotopic (exact) mass is 397 g/mol. The second-order valence-electron chi connectivity index (χ2n) is 6.12. The Bertz CT molecular complexity index is 1160. The second kappa shape index (κ2) is 7.55. The third-order valence-corrected chi connectivity index (χ3v) is 4.02. The number of fused-ring (bicyclic) bond motifs is 1. The number of ketones is 1. The molecule has 0 saturated carbocycles. The van der Waals surface area contributed by atoms with Gasteiger partial charge >= 0.3 is 11.9 Å². The molecule has 0 unspecified atom stereocenters. The van der Waals surface area contributed by atoms with Gasteiger partial charge in [0.05, 0.1) is 10.5 Å². The van der Waals surface area contributed by atoms with Crippen LogP contribution < -0.4 is 9.47 Å². The van der Waals surface area contributed by atoms with Crippen LogP contribution in [0, 0.1) is 17.0 Å². The molecule has 0 radical (unpaired) electrons. The van der Waals surface area contributed by atoms with E-state index in [1.165, 1.54) is 50.2 Å². The van der Waals surface area contributed by atoms with E-state index in [9.17, 15) is 24.5 Å². The van der Waals surface area contributed by atoms with Crippen molar-refractivity contribution in [3.63, 3.8) is 0 Å². The van der Waals surface area contributed by atoms with E-state index in [4.69, 9.17) is 13.9 Å². The summed E-state index contributed by atoms with van der Waals surface area (Å²) >= 11 is 0. The zero-order valence-electron chi connectivity index (χ0n) is 15.7. The van der Waals surface area contributed by atoms with Gasteiger partial charge in [-0.3, -0.25) is 24.5 Å². The highest BCUT2D eigenvalue weighted by Gasteiger charge is 2.25. The summed E-state index contributed by atoms with van der Waals surface area (Å²) in [4.78, 5) is 46.1.